The van der Waals surface area contributed by atoms with Gasteiger partial charge in [-0.05, 0) is 24.4 Å². The van der Waals surface area contributed by atoms with E-state index in [1.165, 1.54) is 18.3 Å². The van der Waals surface area contributed by atoms with Crippen molar-refractivity contribution in [3.63, 3.8) is 0 Å². The van der Waals surface area contributed by atoms with Gasteiger partial charge in [0.2, 0.25) is 0 Å². The molecule has 0 saturated carbocycles. The second kappa shape index (κ2) is 4.97. The van der Waals surface area contributed by atoms with Gasteiger partial charge in [0.25, 0.3) is 10.0 Å². The van der Waals surface area contributed by atoms with E-state index in [0.717, 1.165) is 20.9 Å². The third-order valence-corrected chi connectivity index (χ3v) is 6.82. The van der Waals surface area contributed by atoms with Gasteiger partial charge in [-0.15, -0.1) is 22.7 Å². The van der Waals surface area contributed by atoms with Crippen LogP contribution in [0.5, 0.6) is 0 Å². The molecule has 0 unspecified atom stereocenters. The summed E-state index contributed by atoms with van der Waals surface area (Å²) in [6.07, 6.45) is 0. The van der Waals surface area contributed by atoms with Crippen LogP contribution in [0.2, 0.25) is 0 Å². The summed E-state index contributed by atoms with van der Waals surface area (Å²) >= 11 is 2.61. The minimum absolute atomic E-state index is 0.0804. The Labute approximate surface area is 129 Å². The first-order chi connectivity index (χ1) is 9.88. The van der Waals surface area contributed by atoms with Crippen molar-refractivity contribution in [2.24, 2.45) is 0 Å². The van der Waals surface area contributed by atoms with Crippen LogP contribution in [0.15, 0.2) is 27.8 Å². The first-order valence-corrected chi connectivity index (χ1v) is 9.26. The van der Waals surface area contributed by atoms with Crippen molar-refractivity contribution in [1.29, 1.82) is 0 Å². The lowest BCUT2D eigenvalue weighted by atomic mass is 10.3. The van der Waals surface area contributed by atoms with E-state index in [2.05, 4.69) is 9.71 Å². The number of fused-ring (bicyclic) bond motifs is 1. The minimum atomic E-state index is -3.59. The highest BCUT2D eigenvalue weighted by Crippen LogP contribution is 2.37. The summed E-state index contributed by atoms with van der Waals surface area (Å²) in [6.45, 7) is 3.32. The molecule has 21 heavy (non-hydrogen) atoms. The summed E-state index contributed by atoms with van der Waals surface area (Å²) in [5, 5.41) is 1.72. The number of aromatic nitrogens is 1. The summed E-state index contributed by atoms with van der Waals surface area (Å²) in [7, 11) is -3.59. The molecule has 0 aromatic carbocycles. The molecule has 3 rings (SSSR count). The number of hydrogen-bond donors (Lipinski definition) is 2. The summed E-state index contributed by atoms with van der Waals surface area (Å²) in [5.74, 6) is -0.0804. The third-order valence-electron chi connectivity index (χ3n) is 3.02. The lowest BCUT2D eigenvalue weighted by molar-refractivity contribution is 0.101. The van der Waals surface area contributed by atoms with Crippen LogP contribution in [0, 0.1) is 6.92 Å². The van der Waals surface area contributed by atoms with Crippen LogP contribution in [0.3, 0.4) is 0 Å². The Morgan fingerprint density at radius 1 is 1.38 bits per heavy atom. The van der Waals surface area contributed by atoms with Gasteiger partial charge >= 0.3 is 0 Å². The molecule has 0 amide bonds. The highest BCUT2D eigenvalue weighted by molar-refractivity contribution is 7.94. The van der Waals surface area contributed by atoms with Crippen LogP contribution in [0.4, 0.5) is 5.69 Å². The van der Waals surface area contributed by atoms with Gasteiger partial charge in [-0.25, -0.2) is 8.42 Å². The number of H-pyrrole nitrogens is 1. The van der Waals surface area contributed by atoms with E-state index in [4.69, 9.17) is 0 Å². The monoisotopic (exact) mass is 340 g/mol. The lowest BCUT2D eigenvalue weighted by Gasteiger charge is -2.05. The number of hydrogen-bond acceptors (Lipinski definition) is 5. The van der Waals surface area contributed by atoms with Gasteiger partial charge in [0, 0.05) is 11.8 Å². The Morgan fingerprint density at radius 2 is 2.14 bits per heavy atom. The largest absolute Gasteiger partial charge is 0.350 e. The topological polar surface area (TPSA) is 79.0 Å². The van der Waals surface area contributed by atoms with Gasteiger partial charge in [-0.2, -0.15) is 0 Å². The van der Waals surface area contributed by atoms with Gasteiger partial charge in [-0.3, -0.25) is 9.52 Å². The predicted octanol–water partition coefficient (Wildman–Crippen LogP) is 3.60. The van der Waals surface area contributed by atoms with Gasteiger partial charge in [0.1, 0.15) is 4.21 Å². The van der Waals surface area contributed by atoms with Crippen LogP contribution in [0.1, 0.15) is 22.3 Å². The maximum absolute atomic E-state index is 12.3. The van der Waals surface area contributed by atoms with Gasteiger partial charge < -0.3 is 4.98 Å². The highest BCUT2D eigenvalue weighted by Gasteiger charge is 2.21. The number of carbonyl (C=O) groups is 1. The fourth-order valence-electron chi connectivity index (χ4n) is 2.01. The number of anilines is 1. The molecule has 0 atom stereocenters. The summed E-state index contributed by atoms with van der Waals surface area (Å²) in [4.78, 5) is 15.3. The number of aryl methyl sites for hydroxylation is 1. The molecule has 3 aromatic heterocycles. The predicted molar refractivity (Wildman–Crippen MR) is 86.0 cm³/mol. The molecule has 2 N–H and O–H groups in total. The molecular weight excluding hydrogens is 328 g/mol. The Hall–Kier alpha value is -1.64. The minimum Gasteiger partial charge on any atom is -0.350 e. The van der Waals surface area contributed by atoms with Crippen molar-refractivity contribution < 1.29 is 13.2 Å². The number of ketones is 1. The normalized spacial score (nSPS) is 11.9. The SMILES string of the molecule is CC(=O)c1cc2sc(C)c(NS(=O)(=O)c3cccs3)c2[nH]1. The maximum Gasteiger partial charge on any atom is 0.271 e. The Balaban J connectivity index is 2.08. The lowest BCUT2D eigenvalue weighted by Crippen LogP contribution is -2.11. The average molecular weight is 340 g/mol. The molecule has 3 heterocycles. The van der Waals surface area contributed by atoms with E-state index in [1.54, 1.807) is 23.6 Å². The molecule has 0 aliphatic carbocycles. The maximum atomic E-state index is 12.3. The van der Waals surface area contributed by atoms with Crippen molar-refractivity contribution in [2.75, 3.05) is 4.72 Å². The molecule has 0 aliphatic rings. The number of Topliss-reactive ketones (excluding diaryl/α,β-unsaturated/α-hetero) is 1. The quantitative estimate of drug-likeness (QED) is 0.712. The van der Waals surface area contributed by atoms with E-state index in [-0.39, 0.29) is 9.99 Å². The summed E-state index contributed by atoms with van der Waals surface area (Å²) in [5.41, 5.74) is 1.64. The molecule has 0 aliphatic heterocycles. The van der Waals surface area contributed by atoms with Crippen LogP contribution < -0.4 is 4.72 Å². The number of nitrogens with one attached hydrogen (secondary N) is 2. The molecule has 8 heteroatoms. The fourth-order valence-corrected chi connectivity index (χ4v) is 5.22. The molecule has 0 fully saturated rings. The van der Waals surface area contributed by atoms with E-state index < -0.39 is 10.0 Å². The van der Waals surface area contributed by atoms with Gasteiger partial charge in [-0.1, -0.05) is 6.07 Å². The number of sulfonamides is 1. The Kier molecular flexibility index (Phi) is 3.39. The molecule has 0 spiro atoms. The van der Waals surface area contributed by atoms with Crippen molar-refractivity contribution in [1.82, 2.24) is 4.98 Å². The molecular formula is C13H12N2O3S3. The average Bonchev–Trinajstić information content (AvgIpc) is 3.08. The third kappa shape index (κ3) is 2.50. The summed E-state index contributed by atoms with van der Waals surface area (Å²) in [6, 6.07) is 5.00. The zero-order valence-electron chi connectivity index (χ0n) is 11.3. The van der Waals surface area contributed by atoms with E-state index >= 15 is 0 Å². The molecule has 0 saturated heterocycles. The molecule has 0 bridgehead atoms. The number of thiophene rings is 2. The first kappa shape index (κ1) is 14.3. The number of carbonyl (C=O) groups excluding carboxylic acids is 1. The second-order valence-corrected chi connectivity index (χ2v) is 8.66. The van der Waals surface area contributed by atoms with Gasteiger partial charge in [0.05, 0.1) is 21.6 Å². The van der Waals surface area contributed by atoms with Crippen molar-refractivity contribution >= 4 is 54.4 Å². The molecule has 0 radical (unpaired) electrons. The van der Waals surface area contributed by atoms with Crippen LogP contribution in [0.25, 0.3) is 10.2 Å². The smallest absolute Gasteiger partial charge is 0.271 e. The Bertz CT molecular complexity index is 918. The van der Waals surface area contributed by atoms with Crippen LogP contribution in [-0.4, -0.2) is 19.2 Å². The van der Waals surface area contributed by atoms with E-state index in [0.29, 0.717) is 16.9 Å². The standard InChI is InChI=1S/C13H12N2O3S3/c1-7(16)9-6-10-13(14-9)12(8(2)20-10)15-21(17,18)11-4-3-5-19-11/h3-6,14-15H,1-2H3. The van der Waals surface area contributed by atoms with Crippen molar-refractivity contribution in [3.8, 4) is 0 Å². The molecule has 5 nitrogen and oxygen atoms in total. The molecule has 110 valence electrons. The van der Waals surface area contributed by atoms with Crippen molar-refractivity contribution in [3.05, 3.63) is 34.2 Å². The van der Waals surface area contributed by atoms with Crippen LogP contribution in [-0.2, 0) is 10.0 Å². The second-order valence-electron chi connectivity index (χ2n) is 4.55. The zero-order chi connectivity index (χ0) is 15.2. The van der Waals surface area contributed by atoms with Gasteiger partial charge in [0.15, 0.2) is 5.78 Å². The van der Waals surface area contributed by atoms with E-state index in [9.17, 15) is 13.2 Å². The van der Waals surface area contributed by atoms with Crippen LogP contribution >= 0.6 is 22.7 Å². The van der Waals surface area contributed by atoms with Crippen molar-refractivity contribution in [2.45, 2.75) is 18.1 Å². The number of aromatic amines is 1. The highest BCUT2D eigenvalue weighted by atomic mass is 32.2. The fraction of sp³-hybridized carbons (Fsp3) is 0.154. The summed E-state index contributed by atoms with van der Waals surface area (Å²) < 4.78 is 28.4. The number of rotatable bonds is 4. The Morgan fingerprint density at radius 3 is 2.76 bits per heavy atom. The molecule has 3 aromatic rings. The zero-order valence-corrected chi connectivity index (χ0v) is 13.7. The van der Waals surface area contributed by atoms with E-state index in [1.807, 2.05) is 6.92 Å². The first-order valence-electron chi connectivity index (χ1n) is 6.08.